The minimum atomic E-state index is -0.760. The van der Waals surface area contributed by atoms with Crippen LogP contribution in [0, 0.1) is 11.7 Å². The number of halogens is 1. The van der Waals surface area contributed by atoms with Crippen LogP contribution < -0.4 is 16.1 Å². The molecule has 3 rings (SSSR count). The van der Waals surface area contributed by atoms with Crippen molar-refractivity contribution in [2.75, 3.05) is 24.6 Å². The Bertz CT molecular complexity index is 751. The smallest absolute Gasteiger partial charge is 0.267 e. The van der Waals surface area contributed by atoms with E-state index in [1.807, 2.05) is 6.92 Å². The van der Waals surface area contributed by atoms with E-state index in [1.54, 1.807) is 0 Å². The maximum Gasteiger partial charge on any atom is 0.267 e. The number of carbonyl (C=O) groups excluding carboxylic acids is 2. The molecule has 3 N–H and O–H groups in total. The van der Waals surface area contributed by atoms with Crippen LogP contribution in [0.3, 0.4) is 0 Å². The van der Waals surface area contributed by atoms with Gasteiger partial charge in [0.25, 0.3) is 5.91 Å². The first-order valence-electron chi connectivity index (χ1n) is 9.78. The summed E-state index contributed by atoms with van der Waals surface area (Å²) in [6.07, 6.45) is 2.56. The molecule has 3 atom stereocenters. The molecule has 2 aliphatic rings. The van der Waals surface area contributed by atoms with E-state index in [4.69, 9.17) is 5.73 Å². The number of hydrazone groups is 1. The summed E-state index contributed by atoms with van der Waals surface area (Å²) in [5, 5.41) is 8.67. The van der Waals surface area contributed by atoms with Crippen molar-refractivity contribution >= 4 is 23.2 Å². The Kier molecular flexibility index (Phi) is 6.28. The van der Waals surface area contributed by atoms with Crippen LogP contribution in [0.2, 0.25) is 0 Å². The lowest BCUT2D eigenvalue weighted by Gasteiger charge is -2.32. The van der Waals surface area contributed by atoms with E-state index in [2.05, 4.69) is 22.2 Å². The van der Waals surface area contributed by atoms with Crippen molar-refractivity contribution in [3.05, 3.63) is 30.1 Å². The van der Waals surface area contributed by atoms with Crippen molar-refractivity contribution in [2.45, 2.75) is 45.2 Å². The van der Waals surface area contributed by atoms with Gasteiger partial charge in [0.15, 0.2) is 0 Å². The Morgan fingerprint density at radius 3 is 2.71 bits per heavy atom. The predicted molar refractivity (Wildman–Crippen MR) is 106 cm³/mol. The summed E-state index contributed by atoms with van der Waals surface area (Å²) in [7, 11) is 0. The number of anilines is 1. The topological polar surface area (TPSA) is 91.0 Å². The van der Waals surface area contributed by atoms with Crippen LogP contribution >= 0.6 is 0 Å². The average Bonchev–Trinajstić information content (AvgIpc) is 3.08. The summed E-state index contributed by atoms with van der Waals surface area (Å²) in [6, 6.07) is 4.79. The van der Waals surface area contributed by atoms with Crippen molar-refractivity contribution in [1.29, 1.82) is 0 Å². The van der Waals surface area contributed by atoms with Crippen LogP contribution in [0.5, 0.6) is 0 Å². The molecule has 0 bridgehead atoms. The number of primary amides is 1. The number of nitrogens with zero attached hydrogens (tertiary/aromatic N) is 3. The molecule has 1 aromatic carbocycles. The number of rotatable bonds is 6. The molecule has 3 unspecified atom stereocenters. The molecule has 2 aliphatic heterocycles. The fourth-order valence-electron chi connectivity index (χ4n) is 3.89. The Morgan fingerprint density at radius 2 is 2.07 bits per heavy atom. The van der Waals surface area contributed by atoms with Crippen LogP contribution in [-0.4, -0.2) is 54.1 Å². The summed E-state index contributed by atoms with van der Waals surface area (Å²) in [4.78, 5) is 26.9. The Hall–Kier alpha value is -2.48. The number of carbonyl (C=O) groups is 2. The maximum absolute atomic E-state index is 13.2. The maximum atomic E-state index is 13.2. The number of hydrogen-bond acceptors (Lipinski definition) is 5. The first-order chi connectivity index (χ1) is 13.3. The summed E-state index contributed by atoms with van der Waals surface area (Å²) in [6.45, 7) is 7.09. The third kappa shape index (κ3) is 4.86. The van der Waals surface area contributed by atoms with Crippen molar-refractivity contribution in [1.82, 2.24) is 10.2 Å². The Morgan fingerprint density at radius 1 is 1.36 bits per heavy atom. The molecule has 152 valence electrons. The second-order valence-electron chi connectivity index (χ2n) is 7.87. The fourth-order valence-corrected chi connectivity index (χ4v) is 3.89. The molecule has 8 heteroatoms. The molecule has 0 aliphatic carbocycles. The first kappa shape index (κ1) is 20.3. The molecule has 0 spiro atoms. The second kappa shape index (κ2) is 8.68. The zero-order valence-electron chi connectivity index (χ0n) is 16.4. The highest BCUT2D eigenvalue weighted by Crippen LogP contribution is 2.25. The standard InChI is InChI=1S/C20H28FN5O2/c1-13-4-3-9-25(11-13)12-14(2)23-20(28)17-10-18(19(22)27)26(24-17)16-7-5-15(21)6-8-16/h5-8,13-14,18H,3-4,9-12H2,1-2H3,(H2,22,27)(H,23,28). The van der Waals surface area contributed by atoms with Gasteiger partial charge in [-0.15, -0.1) is 0 Å². The normalized spacial score (nSPS) is 24.0. The van der Waals surface area contributed by atoms with Gasteiger partial charge in [0, 0.05) is 25.6 Å². The van der Waals surface area contributed by atoms with Gasteiger partial charge >= 0.3 is 0 Å². The highest BCUT2D eigenvalue weighted by atomic mass is 19.1. The molecule has 0 saturated carbocycles. The van der Waals surface area contributed by atoms with Crippen LogP contribution in [0.25, 0.3) is 0 Å². The highest BCUT2D eigenvalue weighted by molar-refractivity contribution is 6.40. The lowest BCUT2D eigenvalue weighted by atomic mass is 10.00. The number of hydrogen-bond donors (Lipinski definition) is 2. The lowest BCUT2D eigenvalue weighted by molar-refractivity contribution is -0.119. The average molecular weight is 389 g/mol. The number of piperidine rings is 1. The Balaban J connectivity index is 1.64. The molecule has 28 heavy (non-hydrogen) atoms. The minimum absolute atomic E-state index is 0.0348. The van der Waals surface area contributed by atoms with E-state index >= 15 is 0 Å². The minimum Gasteiger partial charge on any atom is -0.368 e. The molecule has 1 fully saturated rings. The fraction of sp³-hybridized carbons (Fsp3) is 0.550. The van der Waals surface area contributed by atoms with Gasteiger partial charge in [0.2, 0.25) is 5.91 Å². The Labute approximate surface area is 164 Å². The molecule has 2 amide bonds. The summed E-state index contributed by atoms with van der Waals surface area (Å²) < 4.78 is 13.2. The molecular formula is C20H28FN5O2. The predicted octanol–water partition coefficient (Wildman–Crippen LogP) is 1.48. The quantitative estimate of drug-likeness (QED) is 0.771. The second-order valence-corrected chi connectivity index (χ2v) is 7.87. The van der Waals surface area contributed by atoms with E-state index in [1.165, 1.54) is 42.1 Å². The van der Waals surface area contributed by atoms with E-state index in [0.717, 1.165) is 19.6 Å². The van der Waals surface area contributed by atoms with Crippen LogP contribution in [0.15, 0.2) is 29.4 Å². The number of benzene rings is 1. The SMILES string of the molecule is CC1CCCN(CC(C)NC(=O)C2=NN(c3ccc(F)cc3)C(C(N)=O)C2)C1. The van der Waals surface area contributed by atoms with E-state index < -0.39 is 11.9 Å². The summed E-state index contributed by atoms with van der Waals surface area (Å²) in [5.41, 5.74) is 6.26. The number of nitrogens with two attached hydrogens (primary N) is 1. The van der Waals surface area contributed by atoms with Crippen molar-refractivity contribution in [3.8, 4) is 0 Å². The lowest BCUT2D eigenvalue weighted by Crippen LogP contribution is -2.47. The molecule has 7 nitrogen and oxygen atoms in total. The van der Waals surface area contributed by atoms with Gasteiger partial charge in [0.05, 0.1) is 5.69 Å². The van der Waals surface area contributed by atoms with Crippen molar-refractivity contribution in [2.24, 2.45) is 16.8 Å². The van der Waals surface area contributed by atoms with Gasteiger partial charge in [-0.1, -0.05) is 6.92 Å². The summed E-state index contributed by atoms with van der Waals surface area (Å²) >= 11 is 0. The molecule has 0 radical (unpaired) electrons. The van der Waals surface area contributed by atoms with E-state index in [0.29, 0.717) is 11.6 Å². The van der Waals surface area contributed by atoms with Crippen LogP contribution in [0.1, 0.15) is 33.1 Å². The monoisotopic (exact) mass is 389 g/mol. The first-order valence-corrected chi connectivity index (χ1v) is 9.78. The molecular weight excluding hydrogens is 361 g/mol. The van der Waals surface area contributed by atoms with Gasteiger partial charge in [-0.3, -0.25) is 14.6 Å². The van der Waals surface area contributed by atoms with Gasteiger partial charge < -0.3 is 16.0 Å². The molecule has 1 saturated heterocycles. The zero-order valence-corrected chi connectivity index (χ0v) is 16.4. The van der Waals surface area contributed by atoms with Gasteiger partial charge in [0.1, 0.15) is 17.6 Å². The third-order valence-electron chi connectivity index (χ3n) is 5.24. The molecule has 2 heterocycles. The van der Waals surface area contributed by atoms with Crippen molar-refractivity contribution < 1.29 is 14.0 Å². The third-order valence-corrected chi connectivity index (χ3v) is 5.24. The number of nitrogens with one attached hydrogen (secondary N) is 1. The van der Waals surface area contributed by atoms with Gasteiger partial charge in [-0.2, -0.15) is 5.10 Å². The number of likely N-dealkylation sites (tertiary alicyclic amines) is 1. The van der Waals surface area contributed by atoms with Crippen LogP contribution in [0.4, 0.5) is 10.1 Å². The van der Waals surface area contributed by atoms with E-state index in [-0.39, 0.29) is 29.9 Å². The van der Waals surface area contributed by atoms with Gasteiger partial charge in [-0.25, -0.2) is 4.39 Å². The van der Waals surface area contributed by atoms with Crippen LogP contribution in [-0.2, 0) is 9.59 Å². The largest absolute Gasteiger partial charge is 0.368 e. The highest BCUT2D eigenvalue weighted by Gasteiger charge is 2.35. The van der Waals surface area contributed by atoms with Crippen molar-refractivity contribution in [3.63, 3.8) is 0 Å². The van der Waals surface area contributed by atoms with E-state index in [9.17, 15) is 14.0 Å². The van der Waals surface area contributed by atoms with Gasteiger partial charge in [-0.05, 0) is 56.5 Å². The zero-order chi connectivity index (χ0) is 20.3. The molecule has 1 aromatic rings. The molecule has 0 aromatic heterocycles. The summed E-state index contributed by atoms with van der Waals surface area (Å²) in [5.74, 6) is -0.586. The number of amides is 2.